The van der Waals surface area contributed by atoms with Gasteiger partial charge in [-0.15, -0.1) is 0 Å². The maximum atomic E-state index is 12.6. The summed E-state index contributed by atoms with van der Waals surface area (Å²) in [6.07, 6.45) is 5.25. The van der Waals surface area contributed by atoms with Gasteiger partial charge in [0.1, 0.15) is 11.4 Å². The van der Waals surface area contributed by atoms with E-state index in [9.17, 15) is 4.79 Å². The van der Waals surface area contributed by atoms with Crippen molar-refractivity contribution in [2.75, 3.05) is 7.11 Å². The summed E-state index contributed by atoms with van der Waals surface area (Å²) >= 11 is 0. The van der Waals surface area contributed by atoms with E-state index in [1.807, 2.05) is 27.1 Å². The minimum Gasteiger partial charge on any atom is -0.497 e. The third-order valence-corrected chi connectivity index (χ3v) is 3.18. The van der Waals surface area contributed by atoms with Crippen molar-refractivity contribution in [3.8, 4) is 5.75 Å². The molecule has 0 aromatic carbocycles. The van der Waals surface area contributed by atoms with Gasteiger partial charge in [-0.3, -0.25) is 14.5 Å². The average molecular weight is 288 g/mol. The monoisotopic (exact) mass is 288 g/mol. The van der Waals surface area contributed by atoms with E-state index < -0.39 is 0 Å². The number of hydrogen-bond acceptors (Lipinski definition) is 4. The lowest BCUT2D eigenvalue weighted by Gasteiger charge is -2.26. The van der Waals surface area contributed by atoms with Crippen LogP contribution in [0.5, 0.6) is 5.75 Å². The third kappa shape index (κ3) is 3.59. The Kier molecular flexibility index (Phi) is 4.57. The summed E-state index contributed by atoms with van der Waals surface area (Å²) in [6, 6.07) is 3.43. The van der Waals surface area contributed by atoms with Crippen LogP contribution in [0.25, 0.3) is 0 Å². The molecule has 0 atom stereocenters. The third-order valence-electron chi connectivity index (χ3n) is 3.18. The van der Waals surface area contributed by atoms with E-state index >= 15 is 0 Å². The molecular weight excluding hydrogens is 268 g/mol. The molecule has 0 saturated carbocycles. The van der Waals surface area contributed by atoms with Crippen LogP contribution in [-0.2, 0) is 13.6 Å². The summed E-state index contributed by atoms with van der Waals surface area (Å²) in [6.45, 7) is 4.46. The molecule has 0 aliphatic heterocycles. The Bertz CT molecular complexity index is 622. The van der Waals surface area contributed by atoms with Gasteiger partial charge in [0, 0.05) is 43.7 Å². The number of methoxy groups -OCH3 is 1. The largest absolute Gasteiger partial charge is 0.497 e. The quantitative estimate of drug-likeness (QED) is 0.842. The molecule has 0 aliphatic carbocycles. The van der Waals surface area contributed by atoms with E-state index in [-0.39, 0.29) is 11.9 Å². The van der Waals surface area contributed by atoms with Gasteiger partial charge in [0.25, 0.3) is 5.91 Å². The van der Waals surface area contributed by atoms with Crippen molar-refractivity contribution in [3.63, 3.8) is 0 Å². The first-order valence-electron chi connectivity index (χ1n) is 6.79. The highest BCUT2D eigenvalue weighted by molar-refractivity contribution is 5.92. The van der Waals surface area contributed by atoms with Crippen LogP contribution in [-0.4, -0.2) is 38.7 Å². The number of aromatic nitrogens is 3. The molecule has 0 bridgehead atoms. The van der Waals surface area contributed by atoms with Gasteiger partial charge >= 0.3 is 0 Å². The van der Waals surface area contributed by atoms with Gasteiger partial charge in [-0.2, -0.15) is 5.10 Å². The van der Waals surface area contributed by atoms with Gasteiger partial charge < -0.3 is 9.64 Å². The van der Waals surface area contributed by atoms with Crippen molar-refractivity contribution in [2.45, 2.75) is 26.4 Å². The van der Waals surface area contributed by atoms with Crippen molar-refractivity contribution in [1.82, 2.24) is 19.7 Å². The Morgan fingerprint density at radius 3 is 2.81 bits per heavy atom. The second kappa shape index (κ2) is 6.39. The number of carbonyl (C=O) groups is 1. The number of aryl methyl sites for hydroxylation is 1. The molecule has 0 spiro atoms. The molecule has 21 heavy (non-hydrogen) atoms. The summed E-state index contributed by atoms with van der Waals surface area (Å²) in [5.41, 5.74) is 1.37. The van der Waals surface area contributed by atoms with E-state index in [4.69, 9.17) is 4.74 Å². The summed E-state index contributed by atoms with van der Waals surface area (Å²) in [5.74, 6) is 0.506. The van der Waals surface area contributed by atoms with Gasteiger partial charge in [0.05, 0.1) is 13.3 Å². The molecule has 6 nitrogen and oxygen atoms in total. The minimum atomic E-state index is -0.118. The van der Waals surface area contributed by atoms with Gasteiger partial charge in [-0.25, -0.2) is 0 Å². The fourth-order valence-corrected chi connectivity index (χ4v) is 2.04. The topological polar surface area (TPSA) is 60.2 Å². The number of rotatable bonds is 5. The second-order valence-corrected chi connectivity index (χ2v) is 5.13. The van der Waals surface area contributed by atoms with Crippen LogP contribution in [0.2, 0.25) is 0 Å². The summed E-state index contributed by atoms with van der Waals surface area (Å²) in [5, 5.41) is 4.13. The van der Waals surface area contributed by atoms with E-state index in [0.717, 1.165) is 5.56 Å². The van der Waals surface area contributed by atoms with Gasteiger partial charge in [-0.1, -0.05) is 0 Å². The molecule has 112 valence electrons. The van der Waals surface area contributed by atoms with Crippen LogP contribution >= 0.6 is 0 Å². The smallest absolute Gasteiger partial charge is 0.273 e. The van der Waals surface area contributed by atoms with Gasteiger partial charge in [0.2, 0.25) is 0 Å². The first-order valence-corrected chi connectivity index (χ1v) is 6.79. The van der Waals surface area contributed by atoms with E-state index in [2.05, 4.69) is 10.1 Å². The Morgan fingerprint density at radius 1 is 1.48 bits per heavy atom. The zero-order chi connectivity index (χ0) is 15.4. The van der Waals surface area contributed by atoms with E-state index in [0.29, 0.717) is 18.0 Å². The number of ether oxygens (including phenoxy) is 1. The van der Waals surface area contributed by atoms with Crippen molar-refractivity contribution in [3.05, 3.63) is 42.0 Å². The SMILES string of the molecule is COc1ccnc(C(=O)N(Cc2cnn(C)c2)C(C)C)c1. The van der Waals surface area contributed by atoms with Crippen LogP contribution in [0, 0.1) is 0 Å². The zero-order valence-corrected chi connectivity index (χ0v) is 12.8. The normalized spacial score (nSPS) is 10.7. The lowest BCUT2D eigenvalue weighted by molar-refractivity contribution is 0.0684. The predicted molar refractivity (Wildman–Crippen MR) is 79.0 cm³/mol. The molecular formula is C15H20N4O2. The highest BCUT2D eigenvalue weighted by atomic mass is 16.5. The van der Waals surface area contributed by atoms with Crippen molar-refractivity contribution in [1.29, 1.82) is 0 Å². The second-order valence-electron chi connectivity index (χ2n) is 5.13. The first kappa shape index (κ1) is 15.0. The molecule has 2 aromatic heterocycles. The maximum Gasteiger partial charge on any atom is 0.273 e. The van der Waals surface area contributed by atoms with Gasteiger partial charge in [-0.05, 0) is 19.9 Å². The molecule has 1 amide bonds. The molecule has 2 aromatic rings. The Balaban J connectivity index is 2.22. The highest BCUT2D eigenvalue weighted by Crippen LogP contribution is 2.15. The number of pyridine rings is 1. The number of amides is 1. The van der Waals surface area contributed by atoms with Crippen LogP contribution in [0.15, 0.2) is 30.7 Å². The Labute approximate surface area is 124 Å². The van der Waals surface area contributed by atoms with Gasteiger partial charge in [0.15, 0.2) is 0 Å². The number of carbonyl (C=O) groups excluding carboxylic acids is 1. The Morgan fingerprint density at radius 2 is 2.24 bits per heavy atom. The van der Waals surface area contributed by atoms with Crippen molar-refractivity contribution < 1.29 is 9.53 Å². The highest BCUT2D eigenvalue weighted by Gasteiger charge is 2.21. The lowest BCUT2D eigenvalue weighted by atomic mass is 10.2. The molecule has 0 aliphatic rings. The summed E-state index contributed by atoms with van der Waals surface area (Å²) in [4.78, 5) is 18.6. The maximum absolute atomic E-state index is 12.6. The molecule has 6 heteroatoms. The van der Waals surface area contributed by atoms with Crippen LogP contribution in [0.3, 0.4) is 0 Å². The number of hydrogen-bond donors (Lipinski definition) is 0. The Hall–Kier alpha value is -2.37. The molecule has 0 unspecified atom stereocenters. The van der Waals surface area contributed by atoms with Crippen LogP contribution in [0.4, 0.5) is 0 Å². The summed E-state index contributed by atoms with van der Waals surface area (Å²) in [7, 11) is 3.42. The van der Waals surface area contributed by atoms with Crippen molar-refractivity contribution >= 4 is 5.91 Å². The van der Waals surface area contributed by atoms with E-state index in [1.165, 1.54) is 0 Å². The molecule has 2 rings (SSSR count). The summed E-state index contributed by atoms with van der Waals surface area (Å²) < 4.78 is 6.87. The molecule has 0 fully saturated rings. The van der Waals surface area contributed by atoms with E-state index in [1.54, 1.807) is 41.2 Å². The minimum absolute atomic E-state index is 0.0608. The van der Waals surface area contributed by atoms with Crippen LogP contribution in [0.1, 0.15) is 29.9 Å². The fourth-order valence-electron chi connectivity index (χ4n) is 2.04. The lowest BCUT2D eigenvalue weighted by Crippen LogP contribution is -2.36. The molecule has 0 saturated heterocycles. The molecule has 0 radical (unpaired) electrons. The molecule has 2 heterocycles. The standard InChI is InChI=1S/C15H20N4O2/c1-11(2)19(10-12-8-17-18(3)9-12)15(20)14-7-13(21-4)5-6-16-14/h5-9,11H,10H2,1-4H3. The fraction of sp³-hybridized carbons (Fsp3) is 0.400. The number of nitrogens with zero attached hydrogens (tertiary/aromatic N) is 4. The first-order chi connectivity index (χ1) is 10.0. The van der Waals surface area contributed by atoms with Crippen molar-refractivity contribution in [2.24, 2.45) is 7.05 Å². The predicted octanol–water partition coefficient (Wildman–Crippen LogP) is 1.87. The molecule has 0 N–H and O–H groups in total. The average Bonchev–Trinajstić information content (AvgIpc) is 2.89. The van der Waals surface area contributed by atoms with Crippen LogP contribution < -0.4 is 4.74 Å². The zero-order valence-electron chi connectivity index (χ0n) is 12.8.